The summed E-state index contributed by atoms with van der Waals surface area (Å²) in [6.07, 6.45) is -4.44. The SMILES string of the molecule is O=C1CC(Cl)CN1c1cc(Br)ccc1C(F)(F)F. The summed E-state index contributed by atoms with van der Waals surface area (Å²) in [5.41, 5.74) is -0.977. The van der Waals surface area contributed by atoms with Crippen molar-refractivity contribution in [1.29, 1.82) is 0 Å². The maximum absolute atomic E-state index is 12.9. The molecular weight excluding hydrogens is 334 g/mol. The van der Waals surface area contributed by atoms with E-state index < -0.39 is 23.0 Å². The van der Waals surface area contributed by atoms with Gasteiger partial charge in [-0.15, -0.1) is 11.6 Å². The Kier molecular flexibility index (Phi) is 3.60. The van der Waals surface area contributed by atoms with Gasteiger partial charge in [0.15, 0.2) is 0 Å². The van der Waals surface area contributed by atoms with Crippen LogP contribution in [0.15, 0.2) is 22.7 Å². The number of anilines is 1. The predicted molar refractivity (Wildman–Crippen MR) is 65.8 cm³/mol. The molecule has 1 fully saturated rings. The van der Waals surface area contributed by atoms with E-state index >= 15 is 0 Å². The Balaban J connectivity index is 2.49. The molecule has 1 saturated heterocycles. The lowest BCUT2D eigenvalue weighted by molar-refractivity contribution is -0.137. The zero-order chi connectivity index (χ0) is 13.5. The molecule has 1 atom stereocenters. The second-order valence-corrected chi connectivity index (χ2v) is 5.50. The van der Waals surface area contributed by atoms with Crippen molar-refractivity contribution in [2.75, 3.05) is 11.4 Å². The number of hydrogen-bond acceptors (Lipinski definition) is 1. The average Bonchev–Trinajstić information content (AvgIpc) is 2.55. The normalized spacial score (nSPS) is 20.6. The van der Waals surface area contributed by atoms with Gasteiger partial charge in [-0.1, -0.05) is 15.9 Å². The highest BCUT2D eigenvalue weighted by atomic mass is 79.9. The summed E-state index contributed by atoms with van der Waals surface area (Å²) in [5, 5.41) is -0.447. The van der Waals surface area contributed by atoms with Gasteiger partial charge in [-0.3, -0.25) is 4.79 Å². The van der Waals surface area contributed by atoms with Crippen LogP contribution in [0.25, 0.3) is 0 Å². The Morgan fingerprint density at radius 3 is 2.56 bits per heavy atom. The monoisotopic (exact) mass is 341 g/mol. The molecule has 0 spiro atoms. The maximum Gasteiger partial charge on any atom is 0.418 e. The van der Waals surface area contributed by atoms with Crippen molar-refractivity contribution in [1.82, 2.24) is 0 Å². The van der Waals surface area contributed by atoms with Crippen LogP contribution in [-0.2, 0) is 11.0 Å². The molecule has 0 saturated carbocycles. The topological polar surface area (TPSA) is 20.3 Å². The van der Waals surface area contributed by atoms with Crippen molar-refractivity contribution in [2.24, 2.45) is 0 Å². The van der Waals surface area contributed by atoms with Crippen LogP contribution in [0.2, 0.25) is 0 Å². The third kappa shape index (κ3) is 2.64. The van der Waals surface area contributed by atoms with E-state index in [0.717, 1.165) is 11.0 Å². The van der Waals surface area contributed by atoms with Crippen molar-refractivity contribution in [3.8, 4) is 0 Å². The van der Waals surface area contributed by atoms with E-state index in [1.807, 2.05) is 0 Å². The second kappa shape index (κ2) is 4.74. The summed E-state index contributed by atoms with van der Waals surface area (Å²) in [4.78, 5) is 12.7. The molecule has 2 rings (SSSR count). The molecule has 98 valence electrons. The van der Waals surface area contributed by atoms with Crippen molar-refractivity contribution in [3.05, 3.63) is 28.2 Å². The molecule has 2 nitrogen and oxygen atoms in total. The lowest BCUT2D eigenvalue weighted by atomic mass is 10.1. The number of amides is 1. The molecule has 0 aromatic heterocycles. The molecule has 1 amide bonds. The van der Waals surface area contributed by atoms with Crippen LogP contribution in [0.3, 0.4) is 0 Å². The molecule has 7 heteroatoms. The fourth-order valence-corrected chi connectivity index (χ4v) is 2.48. The van der Waals surface area contributed by atoms with Gasteiger partial charge in [-0.2, -0.15) is 13.2 Å². The Morgan fingerprint density at radius 1 is 1.39 bits per heavy atom. The van der Waals surface area contributed by atoms with E-state index in [9.17, 15) is 18.0 Å². The minimum absolute atomic E-state index is 0.0609. The molecule has 0 N–H and O–H groups in total. The van der Waals surface area contributed by atoms with Crippen molar-refractivity contribution in [2.45, 2.75) is 18.0 Å². The lowest BCUT2D eigenvalue weighted by Gasteiger charge is -2.21. The average molecular weight is 343 g/mol. The number of carbonyl (C=O) groups is 1. The van der Waals surface area contributed by atoms with Gasteiger partial charge in [-0.05, 0) is 18.2 Å². The van der Waals surface area contributed by atoms with Crippen LogP contribution in [0.4, 0.5) is 18.9 Å². The summed E-state index contributed by atoms with van der Waals surface area (Å²) < 4.78 is 39.1. The molecule has 0 aliphatic carbocycles. The van der Waals surface area contributed by atoms with Crippen LogP contribution < -0.4 is 4.90 Å². The number of hydrogen-bond donors (Lipinski definition) is 0. The quantitative estimate of drug-likeness (QED) is 0.711. The van der Waals surface area contributed by atoms with Crippen molar-refractivity contribution in [3.63, 3.8) is 0 Å². The van der Waals surface area contributed by atoms with Crippen LogP contribution in [0.5, 0.6) is 0 Å². The Morgan fingerprint density at radius 2 is 2.06 bits per heavy atom. The third-order valence-electron chi connectivity index (χ3n) is 2.63. The van der Waals surface area contributed by atoms with E-state index in [4.69, 9.17) is 11.6 Å². The Labute approximate surface area is 115 Å². The Hall–Kier alpha value is -0.750. The number of alkyl halides is 4. The number of nitrogens with zero attached hydrogens (tertiary/aromatic N) is 1. The summed E-state index contributed by atoms with van der Waals surface area (Å²) in [6.45, 7) is 0.0971. The third-order valence-corrected chi connectivity index (χ3v) is 3.42. The predicted octanol–water partition coefficient (Wildman–Crippen LogP) is 3.81. The molecule has 0 bridgehead atoms. The number of carbonyl (C=O) groups excluding carboxylic acids is 1. The van der Waals surface area contributed by atoms with Crippen LogP contribution in [0, 0.1) is 0 Å². The summed E-state index contributed by atoms with van der Waals surface area (Å²) >= 11 is 8.91. The fraction of sp³-hybridized carbons (Fsp3) is 0.364. The van der Waals surface area contributed by atoms with Crippen molar-refractivity contribution < 1.29 is 18.0 Å². The summed E-state index contributed by atoms with van der Waals surface area (Å²) in [6, 6.07) is 3.54. The first-order valence-electron chi connectivity index (χ1n) is 5.10. The summed E-state index contributed by atoms with van der Waals surface area (Å²) in [7, 11) is 0. The highest BCUT2D eigenvalue weighted by Gasteiger charge is 2.38. The molecule has 1 aliphatic heterocycles. The smallest absolute Gasteiger partial charge is 0.310 e. The molecular formula is C11H8BrClF3NO. The lowest BCUT2D eigenvalue weighted by Crippen LogP contribution is -2.27. The first-order chi connectivity index (χ1) is 8.29. The van der Waals surface area contributed by atoms with Gasteiger partial charge in [-0.25, -0.2) is 0 Å². The number of benzene rings is 1. The molecule has 1 unspecified atom stereocenters. The largest absolute Gasteiger partial charge is 0.418 e. The minimum Gasteiger partial charge on any atom is -0.310 e. The van der Waals surface area contributed by atoms with Gasteiger partial charge >= 0.3 is 6.18 Å². The van der Waals surface area contributed by atoms with Gasteiger partial charge in [0, 0.05) is 17.4 Å². The molecule has 1 aromatic carbocycles. The fourth-order valence-electron chi connectivity index (χ4n) is 1.86. The highest BCUT2D eigenvalue weighted by Crippen LogP contribution is 2.39. The van der Waals surface area contributed by atoms with Crippen molar-refractivity contribution >= 4 is 39.1 Å². The zero-order valence-electron chi connectivity index (χ0n) is 8.97. The number of rotatable bonds is 1. The Bertz CT molecular complexity index is 492. The minimum atomic E-state index is -4.50. The van der Waals surface area contributed by atoms with Crippen LogP contribution in [-0.4, -0.2) is 17.8 Å². The second-order valence-electron chi connectivity index (χ2n) is 3.96. The van der Waals surface area contributed by atoms with Gasteiger partial charge in [0.25, 0.3) is 0 Å². The molecule has 1 aromatic rings. The van der Waals surface area contributed by atoms with E-state index in [0.29, 0.717) is 4.47 Å². The highest BCUT2D eigenvalue weighted by molar-refractivity contribution is 9.10. The van der Waals surface area contributed by atoms with E-state index in [-0.39, 0.29) is 18.7 Å². The molecule has 1 aliphatic rings. The van der Waals surface area contributed by atoms with Gasteiger partial charge < -0.3 is 4.90 Å². The summed E-state index contributed by atoms with van der Waals surface area (Å²) in [5.74, 6) is -0.390. The van der Waals surface area contributed by atoms with E-state index in [2.05, 4.69) is 15.9 Å². The van der Waals surface area contributed by atoms with Gasteiger partial charge in [0.05, 0.1) is 16.6 Å². The molecule has 18 heavy (non-hydrogen) atoms. The van der Waals surface area contributed by atoms with Crippen LogP contribution in [0.1, 0.15) is 12.0 Å². The van der Waals surface area contributed by atoms with E-state index in [1.165, 1.54) is 12.1 Å². The first kappa shape index (κ1) is 13.7. The zero-order valence-corrected chi connectivity index (χ0v) is 11.3. The van der Waals surface area contributed by atoms with E-state index in [1.54, 1.807) is 0 Å². The first-order valence-corrected chi connectivity index (χ1v) is 6.33. The number of halogens is 5. The molecule has 0 radical (unpaired) electrons. The van der Waals surface area contributed by atoms with Gasteiger partial charge in [0.2, 0.25) is 5.91 Å². The maximum atomic E-state index is 12.9. The standard InChI is InChI=1S/C11H8BrClF3NO/c12-6-1-2-8(11(14,15)16)9(3-6)17-5-7(13)4-10(17)18/h1-3,7H,4-5H2. The molecule has 1 heterocycles. The van der Waals surface area contributed by atoms with Gasteiger partial charge in [0.1, 0.15) is 0 Å². The van der Waals surface area contributed by atoms with Crippen LogP contribution >= 0.6 is 27.5 Å².